The summed E-state index contributed by atoms with van der Waals surface area (Å²) in [5.74, 6) is 0. The van der Waals surface area contributed by atoms with Gasteiger partial charge in [-0.25, -0.2) is 9.78 Å². The van der Waals surface area contributed by atoms with Crippen molar-refractivity contribution in [1.29, 1.82) is 0 Å². The third-order valence-electron chi connectivity index (χ3n) is 2.63. The van der Waals surface area contributed by atoms with Crippen molar-refractivity contribution in [2.75, 3.05) is 18.4 Å². The predicted molar refractivity (Wildman–Crippen MR) is 88.5 cm³/mol. The number of ether oxygens (including phenoxy) is 1. The topological polar surface area (TPSA) is 54.5 Å². The first kappa shape index (κ1) is 17.8. The molecule has 2 heterocycles. The molecule has 2 rings (SSSR count). The van der Waals surface area contributed by atoms with Gasteiger partial charge in [0.05, 0.1) is 17.9 Å². The molecule has 1 aliphatic heterocycles. The van der Waals surface area contributed by atoms with Crippen LogP contribution in [0.2, 0.25) is 0 Å². The first-order valence-corrected chi connectivity index (χ1v) is 7.99. The van der Waals surface area contributed by atoms with Gasteiger partial charge in [-0.1, -0.05) is 13.8 Å². The van der Waals surface area contributed by atoms with Crippen LogP contribution >= 0.6 is 15.9 Å². The molecule has 5 nitrogen and oxygen atoms in total. The van der Waals surface area contributed by atoms with Crippen molar-refractivity contribution in [3.8, 4) is 0 Å². The van der Waals surface area contributed by atoms with Crippen molar-refractivity contribution in [2.24, 2.45) is 0 Å². The van der Waals surface area contributed by atoms with Crippen LogP contribution < -0.4 is 5.32 Å². The van der Waals surface area contributed by atoms with Gasteiger partial charge in [0, 0.05) is 13.1 Å². The maximum atomic E-state index is 11.7. The summed E-state index contributed by atoms with van der Waals surface area (Å²) in [7, 11) is 0. The Morgan fingerprint density at radius 1 is 1.38 bits per heavy atom. The van der Waals surface area contributed by atoms with E-state index in [4.69, 9.17) is 4.74 Å². The predicted octanol–water partition coefficient (Wildman–Crippen LogP) is 3.90. The fourth-order valence-corrected chi connectivity index (χ4v) is 1.98. The quantitative estimate of drug-likeness (QED) is 0.815. The summed E-state index contributed by atoms with van der Waals surface area (Å²) >= 11 is 3.29. The van der Waals surface area contributed by atoms with E-state index in [-0.39, 0.29) is 12.1 Å². The molecule has 1 amide bonds. The van der Waals surface area contributed by atoms with Gasteiger partial charge in [0.2, 0.25) is 0 Å². The molecule has 0 saturated carbocycles. The Bertz CT molecular complexity index is 451. The van der Waals surface area contributed by atoms with Gasteiger partial charge >= 0.3 is 6.09 Å². The second-order valence-corrected chi connectivity index (χ2v) is 6.41. The number of rotatable bonds is 2. The van der Waals surface area contributed by atoms with E-state index in [1.165, 1.54) is 0 Å². The van der Waals surface area contributed by atoms with Crippen LogP contribution in [0.4, 0.5) is 10.5 Å². The molecule has 0 radical (unpaired) electrons. The van der Waals surface area contributed by atoms with Crippen LogP contribution in [0.1, 0.15) is 34.6 Å². The summed E-state index contributed by atoms with van der Waals surface area (Å²) in [5, 5.41) is 3.32. The van der Waals surface area contributed by atoms with Crippen molar-refractivity contribution < 1.29 is 9.53 Å². The first-order chi connectivity index (χ1) is 9.83. The number of hydrogen-bond acceptors (Lipinski definition) is 4. The highest BCUT2D eigenvalue weighted by Crippen LogP contribution is 2.19. The Morgan fingerprint density at radius 3 is 2.48 bits per heavy atom. The van der Waals surface area contributed by atoms with Crippen LogP contribution in [0, 0.1) is 0 Å². The molecule has 0 atom stereocenters. The average molecular weight is 358 g/mol. The SMILES string of the molecule is CC.CC(C)(C)OC(=O)N1CC(Nc2ccc(Br)nc2)C1. The molecule has 21 heavy (non-hydrogen) atoms. The lowest BCUT2D eigenvalue weighted by atomic mass is 10.1. The van der Waals surface area contributed by atoms with E-state index in [1.54, 1.807) is 11.1 Å². The second-order valence-electron chi connectivity index (χ2n) is 5.60. The molecule has 0 bridgehead atoms. The lowest BCUT2D eigenvalue weighted by molar-refractivity contribution is 0.0105. The average Bonchev–Trinajstić information content (AvgIpc) is 2.35. The zero-order valence-electron chi connectivity index (χ0n) is 13.3. The number of carbonyl (C=O) groups is 1. The molecule has 1 aliphatic rings. The van der Waals surface area contributed by atoms with E-state index in [0.29, 0.717) is 13.1 Å². The molecule has 1 saturated heterocycles. The van der Waals surface area contributed by atoms with Gasteiger partial charge in [-0.3, -0.25) is 0 Å². The smallest absolute Gasteiger partial charge is 0.410 e. The lowest BCUT2D eigenvalue weighted by Crippen LogP contribution is -2.57. The fraction of sp³-hybridized carbons (Fsp3) is 0.600. The maximum Gasteiger partial charge on any atom is 0.410 e. The van der Waals surface area contributed by atoms with Crippen LogP contribution in [0.25, 0.3) is 0 Å². The highest BCUT2D eigenvalue weighted by atomic mass is 79.9. The van der Waals surface area contributed by atoms with Gasteiger partial charge in [0.25, 0.3) is 0 Å². The number of hydrogen-bond donors (Lipinski definition) is 1. The monoisotopic (exact) mass is 357 g/mol. The summed E-state index contributed by atoms with van der Waals surface area (Å²) in [4.78, 5) is 17.6. The normalized spacial score (nSPS) is 14.7. The van der Waals surface area contributed by atoms with Crippen molar-refractivity contribution >= 4 is 27.7 Å². The number of anilines is 1. The van der Waals surface area contributed by atoms with E-state index in [9.17, 15) is 4.79 Å². The van der Waals surface area contributed by atoms with Crippen molar-refractivity contribution in [3.05, 3.63) is 22.9 Å². The van der Waals surface area contributed by atoms with Crippen LogP contribution in [-0.2, 0) is 4.74 Å². The summed E-state index contributed by atoms with van der Waals surface area (Å²) < 4.78 is 6.10. The van der Waals surface area contributed by atoms with Crippen molar-refractivity contribution in [3.63, 3.8) is 0 Å². The molecule has 1 fully saturated rings. The van der Waals surface area contributed by atoms with E-state index in [0.717, 1.165) is 10.3 Å². The molecule has 0 aromatic carbocycles. The third-order valence-corrected chi connectivity index (χ3v) is 3.10. The zero-order valence-corrected chi connectivity index (χ0v) is 14.9. The largest absolute Gasteiger partial charge is 0.444 e. The van der Waals surface area contributed by atoms with E-state index >= 15 is 0 Å². The third kappa shape index (κ3) is 5.91. The lowest BCUT2D eigenvalue weighted by Gasteiger charge is -2.40. The fourth-order valence-electron chi connectivity index (χ4n) is 1.74. The standard InChI is InChI=1S/C13H18BrN3O2.C2H6/c1-13(2,3)19-12(18)17-7-10(8-17)16-9-4-5-11(14)15-6-9;1-2/h4-6,10,16H,7-8H2,1-3H3;1-2H3. The maximum absolute atomic E-state index is 11.7. The van der Waals surface area contributed by atoms with Crippen LogP contribution in [0.15, 0.2) is 22.9 Å². The number of nitrogens with zero attached hydrogens (tertiary/aromatic N) is 2. The number of aromatic nitrogens is 1. The van der Waals surface area contributed by atoms with Gasteiger partial charge in [-0.2, -0.15) is 0 Å². The van der Waals surface area contributed by atoms with E-state index in [1.807, 2.05) is 46.8 Å². The van der Waals surface area contributed by atoms with E-state index in [2.05, 4.69) is 26.2 Å². The zero-order chi connectivity index (χ0) is 16.0. The van der Waals surface area contributed by atoms with Crippen LogP contribution in [0.3, 0.4) is 0 Å². The van der Waals surface area contributed by atoms with Crippen LogP contribution in [-0.4, -0.2) is 40.7 Å². The minimum atomic E-state index is -0.439. The summed E-state index contributed by atoms with van der Waals surface area (Å²) in [6.07, 6.45) is 1.51. The Morgan fingerprint density at radius 2 is 2.00 bits per heavy atom. The molecule has 0 spiro atoms. The van der Waals surface area contributed by atoms with E-state index < -0.39 is 5.60 Å². The molecule has 1 aromatic heterocycles. The van der Waals surface area contributed by atoms with Gasteiger partial charge < -0.3 is 15.0 Å². The summed E-state index contributed by atoms with van der Waals surface area (Å²) in [5.41, 5.74) is 0.516. The molecule has 1 N–H and O–H groups in total. The Kier molecular flexibility index (Phi) is 6.45. The highest BCUT2D eigenvalue weighted by molar-refractivity contribution is 9.10. The van der Waals surface area contributed by atoms with Gasteiger partial charge in [0.1, 0.15) is 10.2 Å². The highest BCUT2D eigenvalue weighted by Gasteiger charge is 2.33. The Balaban J connectivity index is 0.00000106. The number of pyridine rings is 1. The molecular formula is C15H24BrN3O2. The molecular weight excluding hydrogens is 334 g/mol. The molecule has 1 aromatic rings. The number of likely N-dealkylation sites (tertiary alicyclic amines) is 1. The number of nitrogens with one attached hydrogen (secondary N) is 1. The van der Waals surface area contributed by atoms with Crippen LogP contribution in [0.5, 0.6) is 0 Å². The molecule has 6 heteroatoms. The van der Waals surface area contributed by atoms with Gasteiger partial charge in [0.15, 0.2) is 0 Å². The molecule has 0 aliphatic carbocycles. The number of amides is 1. The van der Waals surface area contributed by atoms with Gasteiger partial charge in [-0.15, -0.1) is 0 Å². The summed E-state index contributed by atoms with van der Waals surface area (Å²) in [6.45, 7) is 10.9. The Hall–Kier alpha value is -1.30. The molecule has 0 unspecified atom stereocenters. The van der Waals surface area contributed by atoms with Crippen molar-refractivity contribution in [1.82, 2.24) is 9.88 Å². The summed E-state index contributed by atoms with van der Waals surface area (Å²) in [6, 6.07) is 4.09. The Labute approximate surface area is 135 Å². The number of carbonyl (C=O) groups excluding carboxylic acids is 1. The second kappa shape index (κ2) is 7.64. The molecule has 118 valence electrons. The minimum absolute atomic E-state index is 0.250. The minimum Gasteiger partial charge on any atom is -0.444 e. The van der Waals surface area contributed by atoms with Crippen molar-refractivity contribution in [2.45, 2.75) is 46.3 Å². The number of halogens is 1. The first-order valence-electron chi connectivity index (χ1n) is 7.19. The van der Waals surface area contributed by atoms with Gasteiger partial charge in [-0.05, 0) is 48.8 Å².